The highest BCUT2D eigenvalue weighted by atomic mass is 32.2. The molecule has 1 aromatic carbocycles. The van der Waals surface area contributed by atoms with Crippen molar-refractivity contribution in [3.8, 4) is 11.4 Å². The van der Waals surface area contributed by atoms with Crippen LogP contribution in [0.5, 0.6) is 0 Å². The number of thioether (sulfide) groups is 1. The van der Waals surface area contributed by atoms with Crippen molar-refractivity contribution in [2.75, 3.05) is 25.4 Å². The van der Waals surface area contributed by atoms with E-state index in [4.69, 9.17) is 4.52 Å². The van der Waals surface area contributed by atoms with Gasteiger partial charge in [-0.05, 0) is 50.2 Å². The van der Waals surface area contributed by atoms with E-state index in [2.05, 4.69) is 41.1 Å². The van der Waals surface area contributed by atoms with E-state index in [-0.39, 0.29) is 22.4 Å². The number of carbonyl (C=O) groups is 1. The SMILES string of the molecule is CC(C)(C)SCCNC(=O)C1CCN(Cc2nc(-c3ccc(F)cc3)no2)CC1. The Morgan fingerprint density at radius 3 is 2.62 bits per heavy atom. The van der Waals surface area contributed by atoms with Crippen LogP contribution in [0.2, 0.25) is 0 Å². The number of aromatic nitrogens is 2. The van der Waals surface area contributed by atoms with Crippen molar-refractivity contribution in [1.29, 1.82) is 0 Å². The minimum atomic E-state index is -0.294. The number of nitrogens with zero attached hydrogens (tertiary/aromatic N) is 3. The number of likely N-dealkylation sites (tertiary alicyclic amines) is 1. The van der Waals surface area contributed by atoms with Crippen molar-refractivity contribution in [2.24, 2.45) is 5.92 Å². The molecule has 0 unspecified atom stereocenters. The van der Waals surface area contributed by atoms with Gasteiger partial charge in [-0.3, -0.25) is 9.69 Å². The number of hydrogen-bond acceptors (Lipinski definition) is 6. The Morgan fingerprint density at radius 2 is 1.97 bits per heavy atom. The summed E-state index contributed by atoms with van der Waals surface area (Å²) in [6, 6.07) is 6.02. The van der Waals surface area contributed by atoms with E-state index < -0.39 is 0 Å². The molecule has 29 heavy (non-hydrogen) atoms. The zero-order chi connectivity index (χ0) is 20.9. The summed E-state index contributed by atoms with van der Waals surface area (Å²) in [5, 5.41) is 7.05. The first-order valence-corrected chi connectivity index (χ1v) is 11.0. The van der Waals surface area contributed by atoms with Crippen LogP contribution < -0.4 is 5.32 Å². The fourth-order valence-electron chi connectivity index (χ4n) is 3.26. The van der Waals surface area contributed by atoms with Crippen LogP contribution in [0.25, 0.3) is 11.4 Å². The number of hydrogen-bond donors (Lipinski definition) is 1. The monoisotopic (exact) mass is 420 g/mol. The maximum atomic E-state index is 13.0. The molecule has 1 amide bonds. The predicted molar refractivity (Wildman–Crippen MR) is 113 cm³/mol. The Labute approximate surface area is 175 Å². The lowest BCUT2D eigenvalue weighted by Crippen LogP contribution is -2.40. The van der Waals surface area contributed by atoms with Crippen molar-refractivity contribution < 1.29 is 13.7 Å². The zero-order valence-electron chi connectivity index (χ0n) is 17.3. The van der Waals surface area contributed by atoms with Gasteiger partial charge < -0.3 is 9.84 Å². The van der Waals surface area contributed by atoms with E-state index in [1.54, 1.807) is 12.1 Å². The van der Waals surface area contributed by atoms with E-state index in [0.29, 0.717) is 18.3 Å². The molecule has 8 heteroatoms. The Balaban J connectivity index is 1.41. The van der Waals surface area contributed by atoms with Gasteiger partial charge in [0, 0.05) is 28.5 Å². The standard InChI is InChI=1S/C21H29FN4O2S/c1-21(2,3)29-13-10-23-20(27)16-8-11-26(12-9-16)14-18-24-19(25-28-18)15-4-6-17(22)7-5-15/h4-7,16H,8-14H2,1-3H3,(H,23,27). The summed E-state index contributed by atoms with van der Waals surface area (Å²) < 4.78 is 18.6. The van der Waals surface area contributed by atoms with Crippen LogP contribution in [0.4, 0.5) is 4.39 Å². The van der Waals surface area contributed by atoms with Gasteiger partial charge in [0.05, 0.1) is 6.54 Å². The molecule has 1 aromatic heterocycles. The van der Waals surface area contributed by atoms with Crippen LogP contribution in [0.3, 0.4) is 0 Å². The Morgan fingerprint density at radius 1 is 1.28 bits per heavy atom. The largest absolute Gasteiger partial charge is 0.355 e. The summed E-state index contributed by atoms with van der Waals surface area (Å²) in [5.41, 5.74) is 0.724. The number of halogens is 1. The average Bonchev–Trinajstić information content (AvgIpc) is 3.14. The molecule has 0 atom stereocenters. The van der Waals surface area contributed by atoms with Gasteiger partial charge in [-0.1, -0.05) is 25.9 Å². The molecule has 3 rings (SSSR count). The molecule has 0 radical (unpaired) electrons. The number of piperidine rings is 1. The number of amides is 1. The molecule has 1 fully saturated rings. The molecule has 2 heterocycles. The fraction of sp³-hybridized carbons (Fsp3) is 0.571. The second-order valence-corrected chi connectivity index (χ2v) is 10.2. The van der Waals surface area contributed by atoms with Crippen molar-refractivity contribution in [1.82, 2.24) is 20.4 Å². The van der Waals surface area contributed by atoms with E-state index in [1.807, 2.05) is 11.8 Å². The number of nitrogens with one attached hydrogen (secondary N) is 1. The maximum absolute atomic E-state index is 13.0. The van der Waals surface area contributed by atoms with Gasteiger partial charge in [0.1, 0.15) is 5.82 Å². The van der Waals surface area contributed by atoms with Crippen molar-refractivity contribution in [3.63, 3.8) is 0 Å². The normalized spacial score (nSPS) is 16.1. The quantitative estimate of drug-likeness (QED) is 0.688. The first-order chi connectivity index (χ1) is 13.8. The zero-order valence-corrected chi connectivity index (χ0v) is 18.1. The van der Waals surface area contributed by atoms with Gasteiger partial charge in [0.2, 0.25) is 17.6 Å². The van der Waals surface area contributed by atoms with Gasteiger partial charge >= 0.3 is 0 Å². The summed E-state index contributed by atoms with van der Waals surface area (Å²) in [7, 11) is 0. The highest BCUT2D eigenvalue weighted by Crippen LogP contribution is 2.23. The van der Waals surface area contributed by atoms with Crippen LogP contribution in [-0.2, 0) is 11.3 Å². The molecule has 0 saturated carbocycles. The highest BCUT2D eigenvalue weighted by molar-refractivity contribution is 8.00. The van der Waals surface area contributed by atoms with Crippen molar-refractivity contribution >= 4 is 17.7 Å². The lowest BCUT2D eigenvalue weighted by atomic mass is 9.96. The molecule has 0 spiro atoms. The topological polar surface area (TPSA) is 71.3 Å². The maximum Gasteiger partial charge on any atom is 0.241 e. The van der Waals surface area contributed by atoms with Gasteiger partial charge in [-0.25, -0.2) is 4.39 Å². The first-order valence-electron chi connectivity index (χ1n) is 10.0. The van der Waals surface area contributed by atoms with Gasteiger partial charge in [0.15, 0.2) is 0 Å². The van der Waals surface area contributed by atoms with Gasteiger partial charge in [-0.2, -0.15) is 16.7 Å². The Kier molecular flexibility index (Phi) is 7.29. The molecule has 1 aliphatic rings. The summed E-state index contributed by atoms with van der Waals surface area (Å²) in [4.78, 5) is 19.0. The third kappa shape index (κ3) is 6.82. The van der Waals surface area contributed by atoms with Crippen molar-refractivity contribution in [2.45, 2.75) is 44.9 Å². The van der Waals surface area contributed by atoms with Gasteiger partial charge in [-0.15, -0.1) is 0 Å². The predicted octanol–water partition coefficient (Wildman–Crippen LogP) is 3.74. The summed E-state index contributed by atoms with van der Waals surface area (Å²) in [5.74, 6) is 1.87. The number of benzene rings is 1. The minimum Gasteiger partial charge on any atom is -0.355 e. The molecule has 0 aliphatic carbocycles. The second kappa shape index (κ2) is 9.71. The van der Waals surface area contributed by atoms with E-state index in [1.165, 1.54) is 12.1 Å². The smallest absolute Gasteiger partial charge is 0.241 e. The van der Waals surface area contributed by atoms with Crippen LogP contribution in [-0.4, -0.2) is 51.1 Å². The third-order valence-corrected chi connectivity index (χ3v) is 6.10. The molecule has 6 nitrogen and oxygen atoms in total. The van der Waals surface area contributed by atoms with E-state index in [9.17, 15) is 9.18 Å². The van der Waals surface area contributed by atoms with Gasteiger partial charge in [0.25, 0.3) is 0 Å². The number of rotatable bonds is 7. The average molecular weight is 421 g/mol. The van der Waals surface area contributed by atoms with E-state index in [0.717, 1.165) is 43.8 Å². The van der Waals surface area contributed by atoms with Crippen LogP contribution in [0.1, 0.15) is 39.5 Å². The highest BCUT2D eigenvalue weighted by Gasteiger charge is 2.26. The Bertz CT molecular complexity index is 796. The fourth-order valence-corrected chi connectivity index (χ4v) is 4.07. The molecule has 1 aliphatic heterocycles. The lowest BCUT2D eigenvalue weighted by Gasteiger charge is -2.30. The number of carbonyl (C=O) groups excluding carboxylic acids is 1. The van der Waals surface area contributed by atoms with Crippen LogP contribution in [0, 0.1) is 11.7 Å². The lowest BCUT2D eigenvalue weighted by molar-refractivity contribution is -0.126. The molecule has 1 saturated heterocycles. The summed E-state index contributed by atoms with van der Waals surface area (Å²) >= 11 is 1.86. The summed E-state index contributed by atoms with van der Waals surface area (Å²) in [6.45, 7) is 9.47. The minimum absolute atomic E-state index is 0.0725. The molecular formula is C21H29FN4O2S. The molecular weight excluding hydrogens is 391 g/mol. The Hall–Kier alpha value is -1.93. The first kappa shape index (κ1) is 21.8. The van der Waals surface area contributed by atoms with Crippen LogP contribution in [0.15, 0.2) is 28.8 Å². The molecule has 2 aromatic rings. The van der Waals surface area contributed by atoms with Crippen LogP contribution >= 0.6 is 11.8 Å². The molecule has 0 bridgehead atoms. The second-order valence-electron chi connectivity index (χ2n) is 8.32. The third-order valence-electron chi connectivity index (χ3n) is 4.82. The van der Waals surface area contributed by atoms with E-state index >= 15 is 0 Å². The summed E-state index contributed by atoms with van der Waals surface area (Å²) in [6.07, 6.45) is 1.66. The molecule has 158 valence electrons. The van der Waals surface area contributed by atoms with Crippen molar-refractivity contribution in [3.05, 3.63) is 36.0 Å². The molecule has 1 N–H and O–H groups in total.